The van der Waals surface area contributed by atoms with Crippen LogP contribution in [0.5, 0.6) is 0 Å². The summed E-state index contributed by atoms with van der Waals surface area (Å²) in [6, 6.07) is 4.69. The molecule has 1 aliphatic rings. The molecule has 1 fully saturated rings. The van der Waals surface area contributed by atoms with E-state index in [0.717, 1.165) is 25.0 Å². The molecule has 1 saturated carbocycles. The summed E-state index contributed by atoms with van der Waals surface area (Å²) >= 11 is 10.8. The van der Waals surface area contributed by atoms with Crippen molar-refractivity contribution in [1.29, 1.82) is 0 Å². The van der Waals surface area contributed by atoms with Crippen molar-refractivity contribution in [1.82, 2.24) is 0 Å². The zero-order chi connectivity index (χ0) is 13.1. The number of halogens is 3. The van der Waals surface area contributed by atoms with Gasteiger partial charge in [-0.1, -0.05) is 35.2 Å². The lowest BCUT2D eigenvalue weighted by Crippen LogP contribution is -2.28. The minimum absolute atomic E-state index is 0.527. The Morgan fingerprint density at radius 3 is 2.17 bits per heavy atom. The maximum atomic E-state index is 3.66. The van der Waals surface area contributed by atoms with Crippen molar-refractivity contribution in [3.05, 3.63) is 25.6 Å². The Bertz CT molecular complexity index is 390. The first-order valence-electron chi connectivity index (χ1n) is 6.49. The van der Waals surface area contributed by atoms with Gasteiger partial charge in [-0.15, -0.1) is 0 Å². The van der Waals surface area contributed by atoms with Gasteiger partial charge in [0, 0.05) is 19.5 Å². The van der Waals surface area contributed by atoms with E-state index >= 15 is 0 Å². The van der Waals surface area contributed by atoms with Crippen LogP contribution in [-0.2, 0) is 0 Å². The molecule has 0 saturated heterocycles. The monoisotopic (exact) mass is 437 g/mol. The van der Waals surface area contributed by atoms with E-state index in [4.69, 9.17) is 0 Å². The van der Waals surface area contributed by atoms with E-state index in [1.165, 1.54) is 32.1 Å². The summed E-state index contributed by atoms with van der Waals surface area (Å²) < 4.78 is 3.29. The number of rotatable bonds is 3. The van der Waals surface area contributed by atoms with Gasteiger partial charge in [0.2, 0.25) is 0 Å². The van der Waals surface area contributed by atoms with Gasteiger partial charge in [-0.05, 0) is 69.7 Å². The van der Waals surface area contributed by atoms with Crippen molar-refractivity contribution in [2.75, 3.05) is 5.32 Å². The van der Waals surface area contributed by atoms with E-state index in [0.29, 0.717) is 6.04 Å². The van der Waals surface area contributed by atoms with Crippen molar-refractivity contribution in [2.24, 2.45) is 5.92 Å². The van der Waals surface area contributed by atoms with Crippen LogP contribution >= 0.6 is 47.8 Å². The quantitative estimate of drug-likeness (QED) is 0.578. The van der Waals surface area contributed by atoms with Crippen LogP contribution in [0.2, 0.25) is 0 Å². The molecule has 4 heteroatoms. The predicted octanol–water partition coefficient (Wildman–Crippen LogP) is 6.35. The summed E-state index contributed by atoms with van der Waals surface area (Å²) in [5, 5.41) is 3.66. The summed E-state index contributed by atoms with van der Waals surface area (Å²) in [5.41, 5.74) is 1.16. The fourth-order valence-corrected chi connectivity index (χ4v) is 5.15. The van der Waals surface area contributed by atoms with Gasteiger partial charge in [0.05, 0.1) is 5.69 Å². The molecule has 0 amide bonds. The molecule has 1 aromatic carbocycles. The molecule has 0 bridgehead atoms. The van der Waals surface area contributed by atoms with Crippen LogP contribution in [-0.4, -0.2) is 6.04 Å². The normalized spacial score (nSPS) is 18.7. The first-order valence-corrected chi connectivity index (χ1v) is 8.87. The summed E-state index contributed by atoms with van der Waals surface area (Å²) in [6.07, 6.45) is 6.91. The zero-order valence-electron chi connectivity index (χ0n) is 10.5. The third-order valence-electron chi connectivity index (χ3n) is 3.74. The van der Waals surface area contributed by atoms with Crippen molar-refractivity contribution in [3.63, 3.8) is 0 Å². The van der Waals surface area contributed by atoms with Crippen LogP contribution in [0.1, 0.15) is 39.0 Å². The highest BCUT2D eigenvalue weighted by atomic mass is 79.9. The summed E-state index contributed by atoms with van der Waals surface area (Å²) in [5.74, 6) is 0.807. The summed E-state index contributed by atoms with van der Waals surface area (Å²) in [6.45, 7) is 2.30. The molecule has 18 heavy (non-hydrogen) atoms. The maximum absolute atomic E-state index is 3.66. The third-order valence-corrected chi connectivity index (χ3v) is 5.44. The highest BCUT2D eigenvalue weighted by Gasteiger charge is 2.21. The molecule has 2 rings (SSSR count). The molecule has 1 atom stereocenters. The minimum Gasteiger partial charge on any atom is -0.380 e. The second-order valence-corrected chi connectivity index (χ2v) is 7.70. The Labute approximate surface area is 134 Å². The zero-order valence-corrected chi connectivity index (χ0v) is 15.2. The Hall–Kier alpha value is 0.460. The van der Waals surface area contributed by atoms with E-state index in [1.54, 1.807) is 0 Å². The topological polar surface area (TPSA) is 12.0 Å². The Balaban J connectivity index is 2.08. The third kappa shape index (κ3) is 3.73. The second-order valence-electron chi connectivity index (χ2n) is 5.08. The number of anilines is 1. The highest BCUT2D eigenvalue weighted by molar-refractivity contribution is 9.11. The van der Waals surface area contributed by atoms with Crippen LogP contribution in [0.25, 0.3) is 0 Å². The van der Waals surface area contributed by atoms with Crippen molar-refractivity contribution in [3.8, 4) is 0 Å². The fourth-order valence-electron chi connectivity index (χ4n) is 2.66. The predicted molar refractivity (Wildman–Crippen MR) is 89.2 cm³/mol. The maximum Gasteiger partial charge on any atom is 0.0631 e. The molecule has 0 radical (unpaired) electrons. The second kappa shape index (κ2) is 6.76. The van der Waals surface area contributed by atoms with E-state index in [-0.39, 0.29) is 0 Å². The first kappa shape index (κ1) is 14.9. The van der Waals surface area contributed by atoms with E-state index in [9.17, 15) is 0 Å². The lowest BCUT2D eigenvalue weighted by molar-refractivity contribution is 0.328. The van der Waals surface area contributed by atoms with Crippen molar-refractivity contribution in [2.45, 2.75) is 45.1 Å². The largest absolute Gasteiger partial charge is 0.380 e. The van der Waals surface area contributed by atoms with Crippen LogP contribution in [0.3, 0.4) is 0 Å². The molecule has 1 aliphatic carbocycles. The lowest BCUT2D eigenvalue weighted by atomic mass is 9.84. The van der Waals surface area contributed by atoms with Gasteiger partial charge < -0.3 is 5.32 Å². The summed E-state index contributed by atoms with van der Waals surface area (Å²) in [4.78, 5) is 0. The SMILES string of the molecule is CC(Nc1c(Br)cc(Br)cc1Br)C1CCCCC1. The van der Waals surface area contributed by atoms with Gasteiger partial charge >= 0.3 is 0 Å². The van der Waals surface area contributed by atoms with Gasteiger partial charge in [-0.25, -0.2) is 0 Å². The highest BCUT2D eigenvalue weighted by Crippen LogP contribution is 2.36. The van der Waals surface area contributed by atoms with Crippen LogP contribution < -0.4 is 5.32 Å². The molecule has 1 unspecified atom stereocenters. The minimum atomic E-state index is 0.527. The number of hydrogen-bond acceptors (Lipinski definition) is 1. The molecule has 1 nitrogen and oxygen atoms in total. The van der Waals surface area contributed by atoms with Gasteiger partial charge in [0.1, 0.15) is 0 Å². The average Bonchev–Trinajstić information content (AvgIpc) is 2.34. The van der Waals surface area contributed by atoms with E-state index in [1.807, 2.05) is 0 Å². The first-order chi connectivity index (χ1) is 8.58. The lowest BCUT2D eigenvalue weighted by Gasteiger charge is -2.29. The molecular weight excluding hydrogens is 422 g/mol. The molecule has 0 spiro atoms. The molecular formula is C14H18Br3N. The Morgan fingerprint density at radius 1 is 1.06 bits per heavy atom. The average molecular weight is 440 g/mol. The number of benzene rings is 1. The van der Waals surface area contributed by atoms with Gasteiger partial charge in [0.25, 0.3) is 0 Å². The van der Waals surface area contributed by atoms with E-state index in [2.05, 4.69) is 72.2 Å². The van der Waals surface area contributed by atoms with Crippen LogP contribution in [0, 0.1) is 5.92 Å². The molecule has 0 aliphatic heterocycles. The van der Waals surface area contributed by atoms with Gasteiger partial charge in [-0.3, -0.25) is 0 Å². The van der Waals surface area contributed by atoms with Crippen LogP contribution in [0.15, 0.2) is 25.6 Å². The molecule has 0 heterocycles. The Morgan fingerprint density at radius 2 is 1.61 bits per heavy atom. The van der Waals surface area contributed by atoms with Crippen molar-refractivity contribution >= 4 is 53.5 Å². The summed E-state index contributed by atoms with van der Waals surface area (Å²) in [7, 11) is 0. The number of hydrogen-bond donors (Lipinski definition) is 1. The van der Waals surface area contributed by atoms with Gasteiger partial charge in [0.15, 0.2) is 0 Å². The fraction of sp³-hybridized carbons (Fsp3) is 0.571. The Kier molecular flexibility index (Phi) is 5.58. The van der Waals surface area contributed by atoms with Crippen LogP contribution in [0.4, 0.5) is 5.69 Å². The van der Waals surface area contributed by atoms with E-state index < -0.39 is 0 Å². The van der Waals surface area contributed by atoms with Gasteiger partial charge in [-0.2, -0.15) is 0 Å². The molecule has 100 valence electrons. The smallest absolute Gasteiger partial charge is 0.0631 e. The standard InChI is InChI=1S/C14H18Br3N/c1-9(10-5-3-2-4-6-10)18-14-12(16)7-11(15)8-13(14)17/h7-10,18H,2-6H2,1H3. The van der Waals surface area contributed by atoms with Crippen molar-refractivity contribution < 1.29 is 0 Å². The molecule has 1 N–H and O–H groups in total. The molecule has 0 aromatic heterocycles. The molecule has 1 aromatic rings. The number of nitrogens with one attached hydrogen (secondary N) is 1.